The van der Waals surface area contributed by atoms with Gasteiger partial charge in [0.25, 0.3) is 0 Å². The maximum Gasteiger partial charge on any atom is 0.0809 e. The quantitative estimate of drug-likeness (QED) is 0.620. The summed E-state index contributed by atoms with van der Waals surface area (Å²) in [5.74, 6) is 0. The van der Waals surface area contributed by atoms with Crippen LogP contribution in [0.2, 0.25) is 0 Å². The zero-order chi connectivity index (χ0) is 10.6. The molecule has 0 spiro atoms. The molecule has 0 saturated carbocycles. The van der Waals surface area contributed by atoms with Crippen LogP contribution >= 0.6 is 11.3 Å². The Morgan fingerprint density at radius 2 is 1.79 bits per heavy atom. The number of rotatable bonds is 0. The molecule has 0 saturated heterocycles. The molecule has 2 rings (SSSR count). The normalized spacial score (nSPS) is 16.6. The van der Waals surface area contributed by atoms with Crippen LogP contribution in [-0.2, 0) is 0 Å². The third-order valence-corrected chi connectivity index (χ3v) is 2.77. The van der Waals surface area contributed by atoms with E-state index in [1.807, 2.05) is 19.4 Å². The average molecular weight is 207 g/mol. The van der Waals surface area contributed by atoms with Gasteiger partial charge in [0, 0.05) is 5.41 Å². The van der Waals surface area contributed by atoms with Crippen molar-refractivity contribution >= 4 is 23.5 Å². The van der Waals surface area contributed by atoms with Gasteiger partial charge in [-0.25, -0.2) is 4.98 Å². The molecule has 14 heavy (non-hydrogen) atoms. The average Bonchev–Trinajstić information content (AvgIpc) is 2.58. The molecule has 0 aromatic carbocycles. The molecule has 0 atom stereocenters. The lowest BCUT2D eigenvalue weighted by Gasteiger charge is -2.11. The van der Waals surface area contributed by atoms with Gasteiger partial charge in [-0.3, -0.25) is 0 Å². The predicted octanol–water partition coefficient (Wildman–Crippen LogP) is 4.24. The first-order valence-electron chi connectivity index (χ1n) is 4.99. The summed E-state index contributed by atoms with van der Waals surface area (Å²) in [6, 6.07) is 0. The molecule has 1 aromatic rings. The highest BCUT2D eigenvalue weighted by Gasteiger charge is 2.13. The van der Waals surface area contributed by atoms with Crippen LogP contribution in [-0.4, -0.2) is 4.98 Å². The van der Waals surface area contributed by atoms with Crippen molar-refractivity contribution in [2.45, 2.75) is 27.7 Å². The van der Waals surface area contributed by atoms with Crippen LogP contribution in [0, 0.1) is 5.41 Å². The first-order valence-corrected chi connectivity index (χ1v) is 5.87. The van der Waals surface area contributed by atoms with Crippen LogP contribution in [0.5, 0.6) is 0 Å². The summed E-state index contributed by atoms with van der Waals surface area (Å²) >= 11 is 1.69. The van der Waals surface area contributed by atoms with E-state index >= 15 is 0 Å². The van der Waals surface area contributed by atoms with Crippen molar-refractivity contribution in [3.8, 4) is 0 Å². The van der Waals surface area contributed by atoms with E-state index in [1.165, 1.54) is 4.88 Å². The van der Waals surface area contributed by atoms with Crippen LogP contribution in [0.15, 0.2) is 17.7 Å². The first kappa shape index (κ1) is 11.2. The van der Waals surface area contributed by atoms with Gasteiger partial charge in [-0.15, -0.1) is 11.3 Å². The Morgan fingerprint density at radius 3 is 2.50 bits per heavy atom. The number of fused-ring (bicyclic) bond motifs is 1. The van der Waals surface area contributed by atoms with E-state index in [-0.39, 0.29) is 5.41 Å². The van der Waals surface area contributed by atoms with E-state index in [0.717, 1.165) is 5.69 Å². The second-order valence-corrected chi connectivity index (χ2v) is 4.48. The number of allylic oxidation sites excluding steroid dienone is 2. The Morgan fingerprint density at radius 1 is 1.14 bits per heavy atom. The zero-order valence-corrected chi connectivity index (χ0v) is 10.1. The minimum Gasteiger partial charge on any atom is -0.245 e. The fourth-order valence-corrected chi connectivity index (χ4v) is 1.82. The second kappa shape index (κ2) is 4.56. The smallest absolute Gasteiger partial charge is 0.0809 e. The van der Waals surface area contributed by atoms with Gasteiger partial charge in [0.15, 0.2) is 0 Å². The first-order chi connectivity index (χ1) is 6.67. The summed E-state index contributed by atoms with van der Waals surface area (Å²) < 4.78 is 0. The SMILES string of the molecule is CC.CC1(C)C=Cc2ncsc2C=C1. The second-order valence-electron chi connectivity index (χ2n) is 3.59. The summed E-state index contributed by atoms with van der Waals surface area (Å²) in [6.45, 7) is 8.38. The van der Waals surface area contributed by atoms with Gasteiger partial charge >= 0.3 is 0 Å². The summed E-state index contributed by atoms with van der Waals surface area (Å²) in [4.78, 5) is 5.52. The van der Waals surface area contributed by atoms with Crippen LogP contribution in [0.3, 0.4) is 0 Å². The molecule has 0 fully saturated rings. The fourth-order valence-electron chi connectivity index (χ4n) is 1.15. The Hall–Kier alpha value is -0.890. The monoisotopic (exact) mass is 207 g/mol. The predicted molar refractivity (Wildman–Crippen MR) is 65.3 cm³/mol. The summed E-state index contributed by atoms with van der Waals surface area (Å²) in [5, 5.41) is 0. The molecule has 0 radical (unpaired) electrons. The summed E-state index contributed by atoms with van der Waals surface area (Å²) in [7, 11) is 0. The third kappa shape index (κ3) is 2.55. The van der Waals surface area contributed by atoms with Gasteiger partial charge in [-0.1, -0.05) is 39.8 Å². The molecular weight excluding hydrogens is 190 g/mol. The Labute approximate surface area is 90.2 Å². The van der Waals surface area contributed by atoms with E-state index in [9.17, 15) is 0 Å². The molecule has 0 N–H and O–H groups in total. The van der Waals surface area contributed by atoms with Crippen molar-refractivity contribution in [2.75, 3.05) is 0 Å². The maximum absolute atomic E-state index is 4.26. The Balaban J connectivity index is 0.000000461. The molecule has 0 amide bonds. The highest BCUT2D eigenvalue weighted by molar-refractivity contribution is 7.10. The minimum atomic E-state index is 0.167. The van der Waals surface area contributed by atoms with E-state index in [1.54, 1.807) is 11.3 Å². The molecule has 1 heterocycles. The van der Waals surface area contributed by atoms with Gasteiger partial charge in [-0.05, 0) is 12.2 Å². The summed E-state index contributed by atoms with van der Waals surface area (Å²) in [6.07, 6.45) is 8.67. The lowest BCUT2D eigenvalue weighted by molar-refractivity contribution is 0.633. The molecule has 76 valence electrons. The zero-order valence-electron chi connectivity index (χ0n) is 9.24. The van der Waals surface area contributed by atoms with Gasteiger partial charge in [0.2, 0.25) is 0 Å². The largest absolute Gasteiger partial charge is 0.245 e. The Kier molecular flexibility index (Phi) is 3.64. The van der Waals surface area contributed by atoms with Crippen molar-refractivity contribution in [3.63, 3.8) is 0 Å². The minimum absolute atomic E-state index is 0.167. The summed E-state index contributed by atoms with van der Waals surface area (Å²) in [5.41, 5.74) is 3.15. The molecule has 0 unspecified atom stereocenters. The highest BCUT2D eigenvalue weighted by atomic mass is 32.1. The Bertz CT molecular complexity index is 314. The van der Waals surface area contributed by atoms with Gasteiger partial charge in [0.05, 0.1) is 16.1 Å². The van der Waals surface area contributed by atoms with Gasteiger partial charge in [-0.2, -0.15) is 0 Å². The topological polar surface area (TPSA) is 12.9 Å². The fraction of sp³-hybridized carbons (Fsp3) is 0.417. The number of thiazole rings is 1. The van der Waals surface area contributed by atoms with E-state index < -0.39 is 0 Å². The standard InChI is InChI=1S/C10H11NS.C2H6/c1-10(2)5-3-8-9(4-6-10)12-7-11-8;1-2/h3-7H,1-2H3;1-2H3. The lowest BCUT2D eigenvalue weighted by atomic mass is 9.93. The van der Waals surface area contributed by atoms with Crippen molar-refractivity contribution < 1.29 is 0 Å². The van der Waals surface area contributed by atoms with Crippen molar-refractivity contribution in [1.29, 1.82) is 0 Å². The number of hydrogen-bond donors (Lipinski definition) is 0. The molecule has 1 aromatic heterocycles. The molecular formula is C12H17NS. The molecule has 2 heteroatoms. The lowest BCUT2D eigenvalue weighted by Crippen LogP contribution is -2.00. The maximum atomic E-state index is 4.26. The van der Waals surface area contributed by atoms with Gasteiger partial charge in [0.1, 0.15) is 0 Å². The highest BCUT2D eigenvalue weighted by Crippen LogP contribution is 2.28. The molecule has 0 bridgehead atoms. The van der Waals surface area contributed by atoms with Gasteiger partial charge < -0.3 is 0 Å². The van der Waals surface area contributed by atoms with Crippen LogP contribution < -0.4 is 0 Å². The molecule has 1 aliphatic rings. The molecule has 1 aliphatic carbocycles. The van der Waals surface area contributed by atoms with Crippen LogP contribution in [0.1, 0.15) is 38.3 Å². The van der Waals surface area contributed by atoms with E-state index in [4.69, 9.17) is 0 Å². The number of hydrogen-bond acceptors (Lipinski definition) is 2. The van der Waals surface area contributed by atoms with E-state index in [2.05, 4.69) is 43.1 Å². The molecule has 0 aliphatic heterocycles. The van der Waals surface area contributed by atoms with Crippen molar-refractivity contribution in [3.05, 3.63) is 28.2 Å². The van der Waals surface area contributed by atoms with Crippen molar-refractivity contribution in [1.82, 2.24) is 4.98 Å². The molecule has 1 nitrogen and oxygen atoms in total. The van der Waals surface area contributed by atoms with Crippen LogP contribution in [0.4, 0.5) is 0 Å². The van der Waals surface area contributed by atoms with Crippen molar-refractivity contribution in [2.24, 2.45) is 5.41 Å². The van der Waals surface area contributed by atoms with E-state index in [0.29, 0.717) is 0 Å². The third-order valence-electron chi connectivity index (χ3n) is 1.96. The number of nitrogens with zero attached hydrogens (tertiary/aromatic N) is 1. The van der Waals surface area contributed by atoms with Crippen LogP contribution in [0.25, 0.3) is 12.2 Å². The number of aromatic nitrogens is 1.